The molecule has 0 aliphatic carbocycles. The van der Waals surface area contributed by atoms with Crippen LogP contribution in [0.4, 0.5) is 0 Å². The van der Waals surface area contributed by atoms with Crippen molar-refractivity contribution in [2.75, 3.05) is 13.2 Å². The summed E-state index contributed by atoms with van der Waals surface area (Å²) in [5.41, 5.74) is 1.20. The normalized spacial score (nSPS) is 17.9. The molecule has 21 heavy (non-hydrogen) atoms. The van der Waals surface area contributed by atoms with Gasteiger partial charge in [0.1, 0.15) is 5.76 Å². The van der Waals surface area contributed by atoms with Crippen molar-refractivity contribution in [1.29, 1.82) is 0 Å². The van der Waals surface area contributed by atoms with Crippen molar-refractivity contribution >= 4 is 5.91 Å². The van der Waals surface area contributed by atoms with E-state index in [2.05, 4.69) is 10.3 Å². The van der Waals surface area contributed by atoms with Crippen molar-refractivity contribution in [1.82, 2.24) is 10.3 Å². The Labute approximate surface area is 123 Å². The van der Waals surface area contributed by atoms with Gasteiger partial charge in [-0.15, -0.1) is 0 Å². The maximum absolute atomic E-state index is 12.2. The number of nitrogens with zero attached hydrogens (tertiary/aromatic N) is 1. The number of rotatable bonds is 4. The van der Waals surface area contributed by atoms with E-state index in [0.29, 0.717) is 23.9 Å². The van der Waals surface area contributed by atoms with Gasteiger partial charge < -0.3 is 14.5 Å². The van der Waals surface area contributed by atoms with Gasteiger partial charge in [-0.05, 0) is 31.9 Å². The average Bonchev–Trinajstić information content (AvgIpc) is 3.15. The summed E-state index contributed by atoms with van der Waals surface area (Å²) in [5, 5.41) is 2.86. The lowest BCUT2D eigenvalue weighted by Crippen LogP contribution is -2.32. The van der Waals surface area contributed by atoms with Gasteiger partial charge in [0.25, 0.3) is 5.91 Å². The number of oxazole rings is 1. The van der Waals surface area contributed by atoms with Crippen LogP contribution in [0.2, 0.25) is 0 Å². The maximum Gasteiger partial charge on any atom is 0.273 e. The van der Waals surface area contributed by atoms with Gasteiger partial charge in [0.15, 0.2) is 5.69 Å². The molecule has 5 heteroatoms. The van der Waals surface area contributed by atoms with Crippen LogP contribution in [-0.2, 0) is 4.74 Å². The Morgan fingerprint density at radius 2 is 2.19 bits per heavy atom. The lowest BCUT2D eigenvalue weighted by molar-refractivity contribution is 0.0853. The molecule has 0 unspecified atom stereocenters. The van der Waals surface area contributed by atoms with Gasteiger partial charge in [-0.1, -0.05) is 18.2 Å². The van der Waals surface area contributed by atoms with E-state index in [9.17, 15) is 4.79 Å². The van der Waals surface area contributed by atoms with E-state index in [1.54, 1.807) is 6.92 Å². The van der Waals surface area contributed by atoms with Crippen molar-refractivity contribution in [3.8, 4) is 11.5 Å². The van der Waals surface area contributed by atoms with Crippen LogP contribution >= 0.6 is 0 Å². The third-order valence-corrected chi connectivity index (χ3v) is 3.55. The first-order valence-electron chi connectivity index (χ1n) is 7.16. The number of aromatic nitrogens is 1. The molecule has 1 aromatic heterocycles. The van der Waals surface area contributed by atoms with Crippen LogP contribution in [0.15, 0.2) is 34.7 Å². The predicted molar refractivity (Wildman–Crippen MR) is 78.0 cm³/mol. The van der Waals surface area contributed by atoms with E-state index in [0.717, 1.165) is 25.0 Å². The highest BCUT2D eigenvalue weighted by Crippen LogP contribution is 2.21. The molecule has 1 aromatic carbocycles. The lowest BCUT2D eigenvalue weighted by Gasteiger charge is -2.09. The van der Waals surface area contributed by atoms with E-state index in [1.807, 2.05) is 30.3 Å². The Balaban J connectivity index is 1.70. The highest BCUT2D eigenvalue weighted by atomic mass is 16.5. The zero-order valence-corrected chi connectivity index (χ0v) is 12.0. The molecule has 0 saturated carbocycles. The number of hydrogen-bond donors (Lipinski definition) is 1. The average molecular weight is 286 g/mol. The molecule has 110 valence electrons. The molecule has 1 amide bonds. The summed E-state index contributed by atoms with van der Waals surface area (Å²) < 4.78 is 11.1. The van der Waals surface area contributed by atoms with Crippen molar-refractivity contribution in [2.24, 2.45) is 0 Å². The first-order chi connectivity index (χ1) is 10.2. The monoisotopic (exact) mass is 286 g/mol. The van der Waals surface area contributed by atoms with Crippen LogP contribution < -0.4 is 5.32 Å². The zero-order valence-electron chi connectivity index (χ0n) is 12.0. The molecule has 2 aromatic rings. The minimum absolute atomic E-state index is 0.120. The predicted octanol–water partition coefficient (Wildman–Crippen LogP) is 2.56. The third-order valence-electron chi connectivity index (χ3n) is 3.55. The Morgan fingerprint density at radius 3 is 2.90 bits per heavy atom. The Hall–Kier alpha value is -2.14. The molecule has 2 heterocycles. The number of hydrogen-bond acceptors (Lipinski definition) is 4. The summed E-state index contributed by atoms with van der Waals surface area (Å²) in [4.78, 5) is 16.5. The zero-order chi connectivity index (χ0) is 14.7. The molecule has 1 aliphatic heterocycles. The number of nitrogens with one attached hydrogen (secondary N) is 1. The molecule has 1 saturated heterocycles. The van der Waals surface area contributed by atoms with Crippen LogP contribution in [0.1, 0.15) is 29.1 Å². The van der Waals surface area contributed by atoms with Crippen LogP contribution in [0.3, 0.4) is 0 Å². The van der Waals surface area contributed by atoms with Crippen molar-refractivity contribution in [3.63, 3.8) is 0 Å². The van der Waals surface area contributed by atoms with Gasteiger partial charge in [0.05, 0.1) is 6.10 Å². The topological polar surface area (TPSA) is 64.4 Å². The van der Waals surface area contributed by atoms with Crippen LogP contribution in [0.25, 0.3) is 11.5 Å². The van der Waals surface area contributed by atoms with E-state index in [1.165, 1.54) is 0 Å². The second kappa shape index (κ2) is 6.10. The molecular formula is C16H18N2O3. The molecule has 1 aliphatic rings. The van der Waals surface area contributed by atoms with E-state index in [-0.39, 0.29) is 12.0 Å². The molecule has 1 N–H and O–H groups in total. The van der Waals surface area contributed by atoms with E-state index >= 15 is 0 Å². The number of aryl methyl sites for hydroxylation is 1. The molecule has 0 spiro atoms. The Bertz CT molecular complexity index is 616. The SMILES string of the molecule is Cc1oc(-c2ccccc2)nc1C(=O)NC[C@H]1CCCO1. The van der Waals surface area contributed by atoms with Gasteiger partial charge >= 0.3 is 0 Å². The first-order valence-corrected chi connectivity index (χ1v) is 7.16. The van der Waals surface area contributed by atoms with Gasteiger partial charge in [-0.3, -0.25) is 4.79 Å². The van der Waals surface area contributed by atoms with Gasteiger partial charge in [0.2, 0.25) is 5.89 Å². The number of carbonyl (C=O) groups excluding carboxylic acids is 1. The molecule has 1 atom stereocenters. The summed E-state index contributed by atoms with van der Waals surface area (Å²) in [6.07, 6.45) is 2.17. The quantitative estimate of drug-likeness (QED) is 0.938. The number of benzene rings is 1. The largest absolute Gasteiger partial charge is 0.441 e. The smallest absolute Gasteiger partial charge is 0.273 e. The number of ether oxygens (including phenoxy) is 1. The summed E-state index contributed by atoms with van der Waals surface area (Å²) in [6, 6.07) is 9.55. The van der Waals surface area contributed by atoms with Crippen LogP contribution in [0, 0.1) is 6.92 Å². The lowest BCUT2D eigenvalue weighted by atomic mass is 10.2. The number of carbonyl (C=O) groups is 1. The summed E-state index contributed by atoms with van der Waals surface area (Å²) in [5.74, 6) is 0.781. The fourth-order valence-corrected chi connectivity index (χ4v) is 2.41. The first kappa shape index (κ1) is 13.8. The molecule has 5 nitrogen and oxygen atoms in total. The Kier molecular flexibility index (Phi) is 4.01. The van der Waals surface area contributed by atoms with Gasteiger partial charge in [0, 0.05) is 18.7 Å². The highest BCUT2D eigenvalue weighted by Gasteiger charge is 2.20. The molecule has 0 bridgehead atoms. The molecule has 3 rings (SSSR count). The fourth-order valence-electron chi connectivity index (χ4n) is 2.41. The van der Waals surface area contributed by atoms with Crippen LogP contribution in [0.5, 0.6) is 0 Å². The van der Waals surface area contributed by atoms with Crippen molar-refractivity contribution in [2.45, 2.75) is 25.9 Å². The Morgan fingerprint density at radius 1 is 1.38 bits per heavy atom. The second-order valence-corrected chi connectivity index (χ2v) is 5.13. The minimum atomic E-state index is -0.214. The number of amides is 1. The summed E-state index contributed by atoms with van der Waals surface area (Å²) >= 11 is 0. The van der Waals surface area contributed by atoms with Gasteiger partial charge in [-0.2, -0.15) is 0 Å². The standard InChI is InChI=1S/C16H18N2O3/c1-11-14(15(19)17-10-13-8-5-9-20-13)18-16(21-11)12-6-3-2-4-7-12/h2-4,6-7,13H,5,8-10H2,1H3,(H,17,19)/t13-/m1/s1. The van der Waals surface area contributed by atoms with Crippen LogP contribution in [-0.4, -0.2) is 30.1 Å². The second-order valence-electron chi connectivity index (χ2n) is 5.13. The highest BCUT2D eigenvalue weighted by molar-refractivity contribution is 5.93. The molecule has 0 radical (unpaired) electrons. The van der Waals surface area contributed by atoms with Crippen molar-refractivity contribution < 1.29 is 13.9 Å². The third kappa shape index (κ3) is 3.13. The van der Waals surface area contributed by atoms with E-state index in [4.69, 9.17) is 9.15 Å². The minimum Gasteiger partial charge on any atom is -0.441 e. The molecular weight excluding hydrogens is 268 g/mol. The fraction of sp³-hybridized carbons (Fsp3) is 0.375. The van der Waals surface area contributed by atoms with Crippen molar-refractivity contribution in [3.05, 3.63) is 41.8 Å². The van der Waals surface area contributed by atoms with Gasteiger partial charge in [-0.25, -0.2) is 4.98 Å². The molecule has 1 fully saturated rings. The summed E-state index contributed by atoms with van der Waals surface area (Å²) in [7, 11) is 0. The summed E-state index contributed by atoms with van der Waals surface area (Å²) in [6.45, 7) is 3.05. The maximum atomic E-state index is 12.2. The van der Waals surface area contributed by atoms with E-state index < -0.39 is 0 Å².